The molecule has 1 aromatic rings. The Morgan fingerprint density at radius 3 is 2.50 bits per heavy atom. The normalized spacial score (nSPS) is 23.2. The number of piperidine rings is 1. The van der Waals surface area contributed by atoms with Crippen LogP contribution in [0.1, 0.15) is 75.7 Å². The molecule has 4 rings (SSSR count). The highest BCUT2D eigenvalue weighted by Crippen LogP contribution is 2.35. The van der Waals surface area contributed by atoms with Crippen LogP contribution >= 0.6 is 0 Å². The average Bonchev–Trinajstić information content (AvgIpc) is 3.18. The third-order valence-corrected chi connectivity index (χ3v) is 7.02. The SMILES string of the molecule is CN=C(NCc1cn2c(n1)CCCC2)NCC1(N2CCCCC2)CCCCC1. The van der Waals surface area contributed by atoms with Crippen molar-refractivity contribution in [3.63, 3.8) is 0 Å². The lowest BCUT2D eigenvalue weighted by Crippen LogP contribution is -2.59. The zero-order valence-corrected chi connectivity index (χ0v) is 17.7. The molecule has 3 aliphatic rings. The van der Waals surface area contributed by atoms with Crippen LogP contribution in [0.25, 0.3) is 0 Å². The van der Waals surface area contributed by atoms with Crippen molar-refractivity contribution in [2.75, 3.05) is 26.7 Å². The molecule has 0 amide bonds. The number of aryl methyl sites for hydroxylation is 2. The summed E-state index contributed by atoms with van der Waals surface area (Å²) in [7, 11) is 1.88. The summed E-state index contributed by atoms with van der Waals surface area (Å²) in [6, 6.07) is 0. The molecule has 3 heterocycles. The first kappa shape index (κ1) is 19.7. The van der Waals surface area contributed by atoms with Gasteiger partial charge in [0.1, 0.15) is 5.82 Å². The molecule has 6 nitrogen and oxygen atoms in total. The van der Waals surface area contributed by atoms with Gasteiger partial charge in [-0.05, 0) is 51.6 Å². The van der Waals surface area contributed by atoms with Crippen LogP contribution in [0.2, 0.25) is 0 Å². The van der Waals surface area contributed by atoms with E-state index in [0.717, 1.165) is 37.7 Å². The van der Waals surface area contributed by atoms with Gasteiger partial charge in [-0.15, -0.1) is 0 Å². The maximum absolute atomic E-state index is 4.80. The number of imidazole rings is 1. The van der Waals surface area contributed by atoms with E-state index >= 15 is 0 Å². The Bertz CT molecular complexity index is 628. The minimum Gasteiger partial charge on any atom is -0.355 e. The van der Waals surface area contributed by atoms with Crippen LogP contribution in [0.4, 0.5) is 0 Å². The maximum atomic E-state index is 4.80. The fraction of sp³-hybridized carbons (Fsp3) is 0.818. The van der Waals surface area contributed by atoms with Gasteiger partial charge in [0, 0.05) is 38.3 Å². The number of fused-ring (bicyclic) bond motifs is 1. The number of aromatic nitrogens is 2. The molecule has 0 radical (unpaired) electrons. The molecule has 2 fully saturated rings. The molecule has 1 aromatic heterocycles. The second kappa shape index (κ2) is 9.29. The van der Waals surface area contributed by atoms with Crippen LogP contribution in [0, 0.1) is 0 Å². The number of aliphatic imine (C=N–C) groups is 1. The van der Waals surface area contributed by atoms with Gasteiger partial charge in [-0.25, -0.2) is 4.98 Å². The second-order valence-corrected chi connectivity index (χ2v) is 8.91. The fourth-order valence-electron chi connectivity index (χ4n) is 5.38. The lowest BCUT2D eigenvalue weighted by atomic mass is 9.79. The Morgan fingerprint density at radius 2 is 1.75 bits per heavy atom. The van der Waals surface area contributed by atoms with Gasteiger partial charge in [0.25, 0.3) is 0 Å². The van der Waals surface area contributed by atoms with E-state index in [4.69, 9.17) is 4.98 Å². The van der Waals surface area contributed by atoms with E-state index in [2.05, 4.69) is 31.3 Å². The average molecular weight is 387 g/mol. The van der Waals surface area contributed by atoms with Crippen LogP contribution in [-0.2, 0) is 19.5 Å². The van der Waals surface area contributed by atoms with Gasteiger partial charge in [-0.2, -0.15) is 0 Å². The number of hydrogen-bond donors (Lipinski definition) is 2. The van der Waals surface area contributed by atoms with E-state index in [1.54, 1.807) is 0 Å². The fourth-order valence-corrected chi connectivity index (χ4v) is 5.38. The number of hydrogen-bond acceptors (Lipinski definition) is 3. The van der Waals surface area contributed by atoms with E-state index in [-0.39, 0.29) is 0 Å². The Kier molecular flexibility index (Phi) is 6.55. The Labute approximate surface area is 170 Å². The summed E-state index contributed by atoms with van der Waals surface area (Å²) in [5.74, 6) is 2.16. The summed E-state index contributed by atoms with van der Waals surface area (Å²) in [6.07, 6.45) is 16.8. The standard InChI is InChI=1S/C22H38N6/c1-23-21(24-16-19-17-27-13-9-4-10-20(27)26-19)25-18-22(11-5-2-6-12-22)28-14-7-3-8-15-28/h17H,2-16,18H2,1H3,(H2,23,24,25). The highest BCUT2D eigenvalue weighted by molar-refractivity contribution is 5.79. The van der Waals surface area contributed by atoms with Crippen molar-refractivity contribution in [2.24, 2.45) is 4.99 Å². The van der Waals surface area contributed by atoms with Gasteiger partial charge in [0.15, 0.2) is 5.96 Å². The number of nitrogens with one attached hydrogen (secondary N) is 2. The van der Waals surface area contributed by atoms with E-state index in [1.165, 1.54) is 83.1 Å². The van der Waals surface area contributed by atoms with Crippen molar-refractivity contribution in [1.29, 1.82) is 0 Å². The first-order valence-corrected chi connectivity index (χ1v) is 11.5. The molecule has 1 saturated heterocycles. The summed E-state index contributed by atoms with van der Waals surface area (Å²) in [4.78, 5) is 12.1. The first-order chi connectivity index (χ1) is 13.8. The third kappa shape index (κ3) is 4.53. The zero-order valence-electron chi connectivity index (χ0n) is 17.7. The molecular weight excluding hydrogens is 348 g/mol. The van der Waals surface area contributed by atoms with Gasteiger partial charge < -0.3 is 15.2 Å². The molecule has 0 spiro atoms. The van der Waals surface area contributed by atoms with Crippen molar-refractivity contribution in [3.05, 3.63) is 17.7 Å². The lowest BCUT2D eigenvalue weighted by molar-refractivity contribution is 0.0368. The number of nitrogens with zero attached hydrogens (tertiary/aromatic N) is 4. The number of guanidine groups is 1. The molecule has 2 N–H and O–H groups in total. The summed E-state index contributed by atoms with van der Waals surface area (Å²) in [5.41, 5.74) is 1.45. The van der Waals surface area contributed by atoms with Gasteiger partial charge in [-0.3, -0.25) is 9.89 Å². The van der Waals surface area contributed by atoms with Crippen LogP contribution in [-0.4, -0.2) is 52.6 Å². The minimum absolute atomic E-state index is 0.323. The molecule has 0 bridgehead atoms. The van der Waals surface area contributed by atoms with Crippen molar-refractivity contribution in [3.8, 4) is 0 Å². The second-order valence-electron chi connectivity index (χ2n) is 8.91. The van der Waals surface area contributed by atoms with Crippen molar-refractivity contribution < 1.29 is 0 Å². The monoisotopic (exact) mass is 386 g/mol. The largest absolute Gasteiger partial charge is 0.355 e. The molecule has 0 unspecified atom stereocenters. The van der Waals surface area contributed by atoms with Crippen LogP contribution in [0.5, 0.6) is 0 Å². The van der Waals surface area contributed by atoms with Crippen LogP contribution in [0.15, 0.2) is 11.2 Å². The summed E-state index contributed by atoms with van der Waals surface area (Å²) < 4.78 is 2.32. The van der Waals surface area contributed by atoms with Gasteiger partial charge >= 0.3 is 0 Å². The minimum atomic E-state index is 0.323. The van der Waals surface area contributed by atoms with Crippen LogP contribution < -0.4 is 10.6 Å². The summed E-state index contributed by atoms with van der Waals surface area (Å²) >= 11 is 0. The zero-order chi connectivity index (χ0) is 19.2. The summed E-state index contributed by atoms with van der Waals surface area (Å²) in [5, 5.41) is 7.17. The Balaban J connectivity index is 1.33. The Hall–Kier alpha value is -1.56. The molecule has 6 heteroatoms. The van der Waals surface area contributed by atoms with E-state index in [1.807, 2.05) is 7.05 Å². The predicted molar refractivity (Wildman–Crippen MR) is 115 cm³/mol. The highest BCUT2D eigenvalue weighted by Gasteiger charge is 2.38. The maximum Gasteiger partial charge on any atom is 0.191 e. The predicted octanol–water partition coefficient (Wildman–Crippen LogP) is 3.07. The molecule has 0 atom stereocenters. The molecule has 0 aromatic carbocycles. The molecule has 28 heavy (non-hydrogen) atoms. The number of rotatable bonds is 5. The first-order valence-electron chi connectivity index (χ1n) is 11.5. The van der Waals surface area contributed by atoms with Crippen molar-refractivity contribution in [1.82, 2.24) is 25.1 Å². The number of likely N-dealkylation sites (tertiary alicyclic amines) is 1. The van der Waals surface area contributed by atoms with E-state index < -0.39 is 0 Å². The van der Waals surface area contributed by atoms with E-state index in [0.29, 0.717) is 5.54 Å². The molecular formula is C22H38N6. The van der Waals surface area contributed by atoms with Gasteiger partial charge in [-0.1, -0.05) is 25.7 Å². The molecule has 1 saturated carbocycles. The van der Waals surface area contributed by atoms with Crippen LogP contribution in [0.3, 0.4) is 0 Å². The van der Waals surface area contributed by atoms with E-state index in [9.17, 15) is 0 Å². The molecule has 156 valence electrons. The Morgan fingerprint density at radius 1 is 1.00 bits per heavy atom. The van der Waals surface area contributed by atoms with Crippen molar-refractivity contribution in [2.45, 2.75) is 89.3 Å². The quantitative estimate of drug-likeness (QED) is 0.603. The smallest absolute Gasteiger partial charge is 0.191 e. The van der Waals surface area contributed by atoms with Crippen molar-refractivity contribution >= 4 is 5.96 Å². The lowest BCUT2D eigenvalue weighted by Gasteiger charge is -2.48. The van der Waals surface area contributed by atoms with Gasteiger partial charge in [0.05, 0.1) is 12.2 Å². The topological polar surface area (TPSA) is 57.5 Å². The highest BCUT2D eigenvalue weighted by atomic mass is 15.3. The molecule has 1 aliphatic carbocycles. The molecule has 2 aliphatic heterocycles. The summed E-state index contributed by atoms with van der Waals surface area (Å²) in [6.45, 7) is 5.41. The third-order valence-electron chi connectivity index (χ3n) is 7.02. The van der Waals surface area contributed by atoms with Gasteiger partial charge in [0.2, 0.25) is 0 Å².